The summed E-state index contributed by atoms with van der Waals surface area (Å²) in [5, 5.41) is 12.8. The Morgan fingerprint density at radius 1 is 1.69 bits per heavy atom. The third kappa shape index (κ3) is 2.73. The summed E-state index contributed by atoms with van der Waals surface area (Å²) in [5.41, 5.74) is 8.06. The molecule has 0 aromatic carbocycles. The Hall–Kier alpha value is -1.03. The van der Waals surface area contributed by atoms with Crippen LogP contribution in [-0.2, 0) is 6.42 Å². The molecule has 0 fully saturated rings. The van der Waals surface area contributed by atoms with Gasteiger partial charge in [-0.25, -0.2) is 0 Å². The second-order valence-corrected chi connectivity index (χ2v) is 3.79. The predicted octanol–water partition coefficient (Wildman–Crippen LogP) is 2.65. The maximum atomic E-state index is 9.51. The predicted molar refractivity (Wildman–Crippen MR) is 52.7 cm³/mol. The molecule has 0 unspecified atom stereocenters. The van der Waals surface area contributed by atoms with Gasteiger partial charge in [0.25, 0.3) is 0 Å². The van der Waals surface area contributed by atoms with Gasteiger partial charge in [-0.15, -0.1) is 11.3 Å². The van der Waals surface area contributed by atoms with Crippen LogP contribution >= 0.6 is 11.3 Å². The van der Waals surface area contributed by atoms with E-state index in [1.54, 1.807) is 11.3 Å². The van der Waals surface area contributed by atoms with Crippen LogP contribution in [0.1, 0.15) is 22.8 Å². The lowest BCUT2D eigenvalue weighted by molar-refractivity contribution is 0.190. The quantitative estimate of drug-likeness (QED) is 0.450. The van der Waals surface area contributed by atoms with E-state index in [0.29, 0.717) is 0 Å². The van der Waals surface area contributed by atoms with E-state index in [4.69, 9.17) is 5.53 Å². The number of nitrogens with zero attached hydrogens (tertiary/aromatic N) is 3. The van der Waals surface area contributed by atoms with E-state index in [1.165, 1.54) is 4.88 Å². The third-order valence-electron chi connectivity index (χ3n) is 1.68. The van der Waals surface area contributed by atoms with Gasteiger partial charge in [0.15, 0.2) is 0 Å². The average molecular weight is 197 g/mol. The lowest BCUT2D eigenvalue weighted by atomic mass is 10.3. The molecular weight excluding hydrogens is 186 g/mol. The Bertz CT molecular complexity index is 317. The number of azide groups is 1. The molecule has 1 rings (SSSR count). The van der Waals surface area contributed by atoms with Gasteiger partial charge in [0.2, 0.25) is 0 Å². The van der Waals surface area contributed by atoms with Crippen molar-refractivity contribution in [2.75, 3.05) is 6.54 Å². The first kappa shape index (κ1) is 10.1. The highest BCUT2D eigenvalue weighted by Crippen LogP contribution is 2.23. The van der Waals surface area contributed by atoms with Crippen LogP contribution in [0.25, 0.3) is 10.4 Å². The van der Waals surface area contributed by atoms with Crippen molar-refractivity contribution in [2.45, 2.75) is 19.4 Å². The van der Waals surface area contributed by atoms with Crippen molar-refractivity contribution in [3.8, 4) is 0 Å². The smallest absolute Gasteiger partial charge is 0.0938 e. The largest absolute Gasteiger partial charge is 0.387 e. The molecular formula is C8H11N3OS. The Balaban J connectivity index is 2.65. The molecule has 1 aromatic rings. The topological polar surface area (TPSA) is 69.0 Å². The summed E-state index contributed by atoms with van der Waals surface area (Å²) in [5.74, 6) is 0. The minimum absolute atomic E-state index is 0.111. The van der Waals surface area contributed by atoms with E-state index >= 15 is 0 Å². The molecule has 0 saturated heterocycles. The van der Waals surface area contributed by atoms with Crippen LogP contribution in [0.3, 0.4) is 0 Å². The number of aryl methyl sites for hydroxylation is 1. The molecule has 0 aliphatic carbocycles. The molecule has 0 radical (unpaired) electrons. The fourth-order valence-electron chi connectivity index (χ4n) is 0.967. The number of aliphatic hydroxyl groups is 1. The van der Waals surface area contributed by atoms with E-state index < -0.39 is 6.10 Å². The van der Waals surface area contributed by atoms with Gasteiger partial charge in [-0.2, -0.15) is 0 Å². The first-order valence-electron chi connectivity index (χ1n) is 4.05. The monoisotopic (exact) mass is 197 g/mol. The number of aliphatic hydroxyl groups excluding tert-OH is 1. The summed E-state index contributed by atoms with van der Waals surface area (Å²) in [4.78, 5) is 4.69. The second kappa shape index (κ2) is 4.87. The maximum absolute atomic E-state index is 9.51. The fraction of sp³-hybridized carbons (Fsp3) is 0.500. The summed E-state index contributed by atoms with van der Waals surface area (Å²) >= 11 is 1.56. The van der Waals surface area contributed by atoms with Gasteiger partial charge in [0, 0.05) is 14.7 Å². The Morgan fingerprint density at radius 3 is 3.00 bits per heavy atom. The van der Waals surface area contributed by atoms with E-state index in [2.05, 4.69) is 16.9 Å². The Morgan fingerprint density at radius 2 is 2.46 bits per heavy atom. The highest BCUT2D eigenvalue weighted by molar-refractivity contribution is 7.12. The van der Waals surface area contributed by atoms with Crippen LogP contribution in [0.15, 0.2) is 17.2 Å². The molecule has 0 aliphatic rings. The molecule has 0 aliphatic heterocycles. The Kier molecular flexibility index (Phi) is 3.76. The molecule has 1 heterocycles. The molecule has 1 aromatic heterocycles. The van der Waals surface area contributed by atoms with Crippen molar-refractivity contribution in [1.82, 2.24) is 0 Å². The first-order valence-corrected chi connectivity index (χ1v) is 4.87. The summed E-state index contributed by atoms with van der Waals surface area (Å²) in [7, 11) is 0. The molecule has 70 valence electrons. The van der Waals surface area contributed by atoms with Crippen molar-refractivity contribution in [3.63, 3.8) is 0 Å². The molecule has 0 amide bonds. The minimum Gasteiger partial charge on any atom is -0.387 e. The number of hydrogen-bond donors (Lipinski definition) is 1. The third-order valence-corrected chi connectivity index (χ3v) is 3.01. The van der Waals surface area contributed by atoms with Gasteiger partial charge in [0.05, 0.1) is 12.6 Å². The first-order chi connectivity index (χ1) is 6.27. The molecule has 0 spiro atoms. The highest BCUT2D eigenvalue weighted by Gasteiger charge is 2.08. The number of rotatable bonds is 4. The molecule has 5 heteroatoms. The highest BCUT2D eigenvalue weighted by atomic mass is 32.1. The standard InChI is InChI=1S/C8H11N3OS/c1-2-6-3-4-8(13-6)7(12)5-10-11-9/h3-4,7,12H,2,5H2,1H3/t7-/m0/s1. The molecule has 1 atom stereocenters. The summed E-state index contributed by atoms with van der Waals surface area (Å²) in [6.07, 6.45) is 0.319. The van der Waals surface area contributed by atoms with Crippen LogP contribution in [0.2, 0.25) is 0 Å². The van der Waals surface area contributed by atoms with Crippen molar-refractivity contribution in [2.24, 2.45) is 5.11 Å². The van der Waals surface area contributed by atoms with Crippen molar-refractivity contribution < 1.29 is 5.11 Å². The van der Waals surface area contributed by atoms with E-state index in [-0.39, 0.29) is 6.54 Å². The van der Waals surface area contributed by atoms with Crippen LogP contribution in [0, 0.1) is 0 Å². The normalized spacial score (nSPS) is 12.2. The molecule has 0 saturated carbocycles. The van der Waals surface area contributed by atoms with Crippen LogP contribution in [0.5, 0.6) is 0 Å². The second-order valence-electron chi connectivity index (χ2n) is 2.59. The van der Waals surface area contributed by atoms with Gasteiger partial charge < -0.3 is 5.11 Å². The number of hydrogen-bond acceptors (Lipinski definition) is 3. The van der Waals surface area contributed by atoms with E-state index in [9.17, 15) is 5.11 Å². The Labute approximate surface area is 80.5 Å². The van der Waals surface area contributed by atoms with Crippen LogP contribution < -0.4 is 0 Å². The van der Waals surface area contributed by atoms with Gasteiger partial charge >= 0.3 is 0 Å². The van der Waals surface area contributed by atoms with Crippen molar-refractivity contribution in [3.05, 3.63) is 32.3 Å². The zero-order chi connectivity index (χ0) is 9.68. The summed E-state index contributed by atoms with van der Waals surface area (Å²) in [6, 6.07) is 3.86. The zero-order valence-electron chi connectivity index (χ0n) is 7.34. The van der Waals surface area contributed by atoms with Gasteiger partial charge in [0.1, 0.15) is 0 Å². The maximum Gasteiger partial charge on any atom is 0.0938 e. The summed E-state index contributed by atoms with van der Waals surface area (Å²) in [6.45, 7) is 2.18. The minimum atomic E-state index is -0.652. The molecule has 1 N–H and O–H groups in total. The van der Waals surface area contributed by atoms with Crippen molar-refractivity contribution >= 4 is 11.3 Å². The van der Waals surface area contributed by atoms with Gasteiger partial charge in [-0.3, -0.25) is 0 Å². The van der Waals surface area contributed by atoms with Gasteiger partial charge in [-0.1, -0.05) is 12.0 Å². The van der Waals surface area contributed by atoms with Crippen LogP contribution in [0.4, 0.5) is 0 Å². The lowest BCUT2D eigenvalue weighted by Gasteiger charge is -2.02. The molecule has 0 bridgehead atoms. The van der Waals surface area contributed by atoms with Crippen LogP contribution in [-0.4, -0.2) is 11.7 Å². The fourth-order valence-corrected chi connectivity index (χ4v) is 1.90. The number of thiophene rings is 1. The zero-order valence-corrected chi connectivity index (χ0v) is 8.16. The van der Waals surface area contributed by atoms with Crippen molar-refractivity contribution in [1.29, 1.82) is 0 Å². The SMILES string of the molecule is CCc1ccc([C@@H](O)CN=[N+]=[N-])s1. The van der Waals surface area contributed by atoms with Gasteiger partial charge in [-0.05, 0) is 24.1 Å². The van der Waals surface area contributed by atoms with E-state index in [0.717, 1.165) is 11.3 Å². The summed E-state index contributed by atoms with van der Waals surface area (Å²) < 4.78 is 0. The average Bonchev–Trinajstić information content (AvgIpc) is 2.62. The van der Waals surface area contributed by atoms with E-state index in [1.807, 2.05) is 12.1 Å². The molecule has 4 nitrogen and oxygen atoms in total. The lowest BCUT2D eigenvalue weighted by Crippen LogP contribution is -1.97. The molecule has 13 heavy (non-hydrogen) atoms.